The zero-order chi connectivity index (χ0) is 27.7. The second kappa shape index (κ2) is 10.9. The Morgan fingerprint density at radius 1 is 1.11 bits per heavy atom. The first-order chi connectivity index (χ1) is 17.8. The number of carbonyl (C=O) groups is 1. The molecule has 0 radical (unpaired) electrons. The molecule has 38 heavy (non-hydrogen) atoms. The zero-order valence-corrected chi connectivity index (χ0v) is 21.4. The largest absolute Gasteiger partial charge is 0.451 e. The van der Waals surface area contributed by atoms with Gasteiger partial charge in [-0.3, -0.25) is 9.69 Å². The molecule has 2 N–H and O–H groups in total. The van der Waals surface area contributed by atoms with Gasteiger partial charge in [0.2, 0.25) is 5.82 Å². The third kappa shape index (κ3) is 6.47. The van der Waals surface area contributed by atoms with Crippen LogP contribution < -0.4 is 10.6 Å². The molecule has 204 valence electrons. The van der Waals surface area contributed by atoms with Crippen molar-refractivity contribution in [3.05, 3.63) is 58.6 Å². The smallest absolute Gasteiger partial charge is 0.368 e. The van der Waals surface area contributed by atoms with E-state index in [1.165, 1.54) is 0 Å². The quantitative estimate of drug-likeness (QED) is 0.362. The summed E-state index contributed by atoms with van der Waals surface area (Å²) >= 11 is 6.37. The predicted octanol–water partition coefficient (Wildman–Crippen LogP) is 5.72. The Balaban J connectivity index is 1.59. The van der Waals surface area contributed by atoms with Gasteiger partial charge in [0, 0.05) is 61.9 Å². The number of carbonyl (C=O) groups excluding carboxylic acids is 1. The minimum absolute atomic E-state index is 0.0148. The van der Waals surface area contributed by atoms with E-state index in [0.29, 0.717) is 16.7 Å². The topological polar surface area (TPSA) is 83.0 Å². The number of amides is 1. The summed E-state index contributed by atoms with van der Waals surface area (Å²) in [6.45, 7) is 3.81. The van der Waals surface area contributed by atoms with E-state index in [1.807, 2.05) is 13.8 Å². The molecule has 13 heteroatoms. The number of halogens is 6. The standard InChI is InChI=1S/C25H26ClF5N6O/c1-14(2)35-20-6-3-16-18(36-20)5-4-17(26)21(16)22(38)32-13-19(37-9-7-24(27,28)8-10-37)15-11-33-23(34-12-15)25(29,30)31/h3-6,11-12,14,19H,7-10,13H2,1-2H3,(H,32,38)(H,35,36). The SMILES string of the molecule is CC(C)Nc1ccc2c(C(=O)NCC(c3cnc(C(F)(F)F)nc3)N3CCC(F)(F)CC3)c(Cl)ccc2n1. The third-order valence-electron chi connectivity index (χ3n) is 6.22. The van der Waals surface area contributed by atoms with E-state index in [1.54, 1.807) is 29.2 Å². The van der Waals surface area contributed by atoms with Crippen LogP contribution in [-0.4, -0.2) is 57.4 Å². The summed E-state index contributed by atoms with van der Waals surface area (Å²) in [6, 6.07) is 6.12. The highest BCUT2D eigenvalue weighted by molar-refractivity contribution is 6.35. The average molecular weight is 557 g/mol. The molecule has 1 aliphatic heterocycles. The molecular weight excluding hydrogens is 531 g/mol. The zero-order valence-electron chi connectivity index (χ0n) is 20.6. The lowest BCUT2D eigenvalue weighted by Crippen LogP contribution is -2.45. The molecule has 3 aromatic rings. The van der Waals surface area contributed by atoms with E-state index in [2.05, 4.69) is 25.6 Å². The Morgan fingerprint density at radius 2 is 1.76 bits per heavy atom. The van der Waals surface area contributed by atoms with Crippen LogP contribution in [0, 0.1) is 0 Å². The number of pyridine rings is 1. The van der Waals surface area contributed by atoms with Crippen LogP contribution in [0.3, 0.4) is 0 Å². The molecule has 3 heterocycles. The summed E-state index contributed by atoms with van der Waals surface area (Å²) in [5.74, 6) is -4.04. The first-order valence-electron chi connectivity index (χ1n) is 12.0. The monoisotopic (exact) mass is 556 g/mol. The van der Waals surface area contributed by atoms with Gasteiger partial charge in [0.1, 0.15) is 5.82 Å². The maximum absolute atomic E-state index is 13.8. The highest BCUT2D eigenvalue weighted by Crippen LogP contribution is 2.33. The van der Waals surface area contributed by atoms with Crippen LogP contribution in [0.25, 0.3) is 10.9 Å². The second-order valence-electron chi connectivity index (χ2n) is 9.44. The number of hydrogen-bond acceptors (Lipinski definition) is 6. The van der Waals surface area contributed by atoms with Crippen molar-refractivity contribution in [2.24, 2.45) is 0 Å². The number of rotatable bonds is 7. The summed E-state index contributed by atoms with van der Waals surface area (Å²) in [5.41, 5.74) is 0.982. The molecule has 1 unspecified atom stereocenters. The number of hydrogen-bond donors (Lipinski definition) is 2. The lowest BCUT2D eigenvalue weighted by molar-refractivity contribution is -0.145. The number of aromatic nitrogens is 3. The number of nitrogens with one attached hydrogen (secondary N) is 2. The molecule has 0 aliphatic carbocycles. The molecule has 1 fully saturated rings. The van der Waals surface area contributed by atoms with Crippen LogP contribution >= 0.6 is 11.6 Å². The van der Waals surface area contributed by atoms with Crippen molar-refractivity contribution in [3.8, 4) is 0 Å². The van der Waals surface area contributed by atoms with Crippen LogP contribution in [-0.2, 0) is 6.18 Å². The van der Waals surface area contributed by atoms with Gasteiger partial charge in [-0.2, -0.15) is 13.2 Å². The van der Waals surface area contributed by atoms with Crippen molar-refractivity contribution in [1.82, 2.24) is 25.2 Å². The fourth-order valence-electron chi connectivity index (χ4n) is 4.34. The van der Waals surface area contributed by atoms with Crippen molar-refractivity contribution >= 4 is 34.2 Å². The molecule has 1 amide bonds. The molecule has 0 bridgehead atoms. The third-order valence-corrected chi connectivity index (χ3v) is 6.54. The Labute approximate surface area is 220 Å². The number of anilines is 1. The van der Waals surface area contributed by atoms with Crippen LogP contribution in [0.4, 0.5) is 27.8 Å². The molecule has 2 aromatic heterocycles. The highest BCUT2D eigenvalue weighted by Gasteiger charge is 2.38. The Morgan fingerprint density at radius 3 is 2.37 bits per heavy atom. The van der Waals surface area contributed by atoms with Gasteiger partial charge in [0.05, 0.1) is 22.1 Å². The van der Waals surface area contributed by atoms with E-state index in [4.69, 9.17) is 11.6 Å². The molecule has 1 atom stereocenters. The number of benzene rings is 1. The molecule has 7 nitrogen and oxygen atoms in total. The van der Waals surface area contributed by atoms with Crippen molar-refractivity contribution in [2.75, 3.05) is 25.0 Å². The lowest BCUT2D eigenvalue weighted by atomic mass is 10.0. The summed E-state index contributed by atoms with van der Waals surface area (Å²) < 4.78 is 66.4. The van der Waals surface area contributed by atoms with Gasteiger partial charge < -0.3 is 10.6 Å². The minimum Gasteiger partial charge on any atom is -0.368 e. The van der Waals surface area contributed by atoms with E-state index in [-0.39, 0.29) is 41.8 Å². The predicted molar refractivity (Wildman–Crippen MR) is 133 cm³/mol. The number of piperidine rings is 1. The van der Waals surface area contributed by atoms with Crippen molar-refractivity contribution < 1.29 is 26.7 Å². The molecule has 0 saturated carbocycles. The Bertz CT molecular complexity index is 1290. The van der Waals surface area contributed by atoms with Gasteiger partial charge in [0.25, 0.3) is 11.8 Å². The first kappa shape index (κ1) is 27.9. The van der Waals surface area contributed by atoms with Crippen molar-refractivity contribution in [1.29, 1.82) is 0 Å². The van der Waals surface area contributed by atoms with Crippen molar-refractivity contribution in [3.63, 3.8) is 0 Å². The van der Waals surface area contributed by atoms with Gasteiger partial charge in [-0.15, -0.1) is 0 Å². The second-order valence-corrected chi connectivity index (χ2v) is 9.85. The van der Waals surface area contributed by atoms with Crippen molar-refractivity contribution in [2.45, 2.75) is 50.9 Å². The van der Waals surface area contributed by atoms with Gasteiger partial charge in [-0.1, -0.05) is 11.6 Å². The van der Waals surface area contributed by atoms with Gasteiger partial charge in [0.15, 0.2) is 0 Å². The van der Waals surface area contributed by atoms with Crippen LogP contribution in [0.1, 0.15) is 54.5 Å². The summed E-state index contributed by atoms with van der Waals surface area (Å²) in [5, 5.41) is 6.65. The van der Waals surface area contributed by atoms with E-state index >= 15 is 0 Å². The first-order valence-corrected chi connectivity index (χ1v) is 12.4. The van der Waals surface area contributed by atoms with Gasteiger partial charge in [-0.25, -0.2) is 23.7 Å². The molecule has 4 rings (SSSR count). The molecule has 1 aromatic carbocycles. The van der Waals surface area contributed by atoms with E-state index < -0.39 is 42.7 Å². The van der Waals surface area contributed by atoms with E-state index in [0.717, 1.165) is 12.4 Å². The van der Waals surface area contributed by atoms with Gasteiger partial charge in [-0.05, 0) is 38.1 Å². The van der Waals surface area contributed by atoms with Crippen LogP contribution in [0.5, 0.6) is 0 Å². The van der Waals surface area contributed by atoms with E-state index in [9.17, 15) is 26.7 Å². The molecule has 1 aliphatic rings. The summed E-state index contributed by atoms with van der Waals surface area (Å²) in [7, 11) is 0. The minimum atomic E-state index is -4.72. The number of fused-ring (bicyclic) bond motifs is 1. The number of alkyl halides is 5. The average Bonchev–Trinajstić information content (AvgIpc) is 2.84. The van der Waals surface area contributed by atoms with Crippen LogP contribution in [0.2, 0.25) is 5.02 Å². The fourth-order valence-corrected chi connectivity index (χ4v) is 4.59. The normalized spacial score (nSPS) is 17.0. The maximum Gasteiger partial charge on any atom is 0.451 e. The number of likely N-dealkylation sites (tertiary alicyclic amines) is 1. The number of nitrogens with zero attached hydrogens (tertiary/aromatic N) is 4. The van der Waals surface area contributed by atoms with Crippen LogP contribution in [0.15, 0.2) is 36.7 Å². The lowest BCUT2D eigenvalue weighted by Gasteiger charge is -2.37. The highest BCUT2D eigenvalue weighted by atomic mass is 35.5. The summed E-state index contributed by atoms with van der Waals surface area (Å²) in [4.78, 5) is 26.3. The maximum atomic E-state index is 13.8. The Kier molecular flexibility index (Phi) is 8.03. The molecular formula is C25H26ClF5N6O. The fraction of sp³-hybridized carbons (Fsp3) is 0.440. The molecule has 0 spiro atoms. The molecule has 1 saturated heterocycles. The van der Waals surface area contributed by atoms with Gasteiger partial charge >= 0.3 is 6.18 Å². The summed E-state index contributed by atoms with van der Waals surface area (Å²) in [6.07, 6.45) is -3.52. The Hall–Kier alpha value is -3.12.